The Morgan fingerprint density at radius 2 is 1.67 bits per heavy atom. The molecule has 3 aromatic rings. The molecule has 0 aliphatic rings. The minimum Gasteiger partial charge on any atom is -0.456 e. The van der Waals surface area contributed by atoms with Crippen LogP contribution in [0.5, 0.6) is 11.5 Å². The van der Waals surface area contributed by atoms with E-state index in [9.17, 15) is 19.2 Å². The van der Waals surface area contributed by atoms with Crippen LogP contribution in [0.3, 0.4) is 0 Å². The van der Waals surface area contributed by atoms with Gasteiger partial charge in [-0.3, -0.25) is 9.59 Å². The SMILES string of the molecule is N#CC(C(=O)Nc1ccc(Oc2ccc(Cl)cc2)c(Cl)c1)C(=O)c1ccc(F)cc1. The van der Waals surface area contributed by atoms with Crippen LogP contribution >= 0.6 is 23.2 Å². The van der Waals surface area contributed by atoms with E-state index in [1.54, 1.807) is 30.3 Å². The van der Waals surface area contributed by atoms with Gasteiger partial charge in [-0.05, 0) is 66.7 Å². The van der Waals surface area contributed by atoms with E-state index in [1.807, 2.05) is 0 Å². The Bertz CT molecular complexity index is 1130. The molecule has 0 radical (unpaired) electrons. The highest BCUT2D eigenvalue weighted by Crippen LogP contribution is 2.32. The number of ketones is 1. The van der Waals surface area contributed by atoms with Crippen molar-refractivity contribution in [1.29, 1.82) is 5.26 Å². The lowest BCUT2D eigenvalue weighted by Crippen LogP contribution is -2.28. The van der Waals surface area contributed by atoms with Crippen molar-refractivity contribution in [3.63, 3.8) is 0 Å². The molecule has 0 aliphatic carbocycles. The van der Waals surface area contributed by atoms with Crippen LogP contribution in [0.4, 0.5) is 10.1 Å². The van der Waals surface area contributed by atoms with Crippen LogP contribution in [-0.2, 0) is 4.79 Å². The first-order chi connectivity index (χ1) is 14.4. The first-order valence-corrected chi connectivity index (χ1v) is 9.36. The summed E-state index contributed by atoms with van der Waals surface area (Å²) in [6.45, 7) is 0. The van der Waals surface area contributed by atoms with E-state index in [2.05, 4.69) is 5.32 Å². The fourth-order valence-electron chi connectivity index (χ4n) is 2.52. The first kappa shape index (κ1) is 21.3. The summed E-state index contributed by atoms with van der Waals surface area (Å²) in [5.74, 6) is -2.82. The van der Waals surface area contributed by atoms with Crippen LogP contribution in [0, 0.1) is 23.1 Å². The maximum Gasteiger partial charge on any atom is 0.249 e. The van der Waals surface area contributed by atoms with Crippen LogP contribution in [0.2, 0.25) is 10.0 Å². The number of nitrogens with one attached hydrogen (secondary N) is 1. The normalized spacial score (nSPS) is 11.3. The third-order valence-electron chi connectivity index (χ3n) is 4.02. The van der Waals surface area contributed by atoms with Gasteiger partial charge in [0, 0.05) is 16.3 Å². The summed E-state index contributed by atoms with van der Waals surface area (Å²) < 4.78 is 18.7. The lowest BCUT2D eigenvalue weighted by molar-refractivity contribution is -0.117. The predicted octanol–water partition coefficient (Wildman–Crippen LogP) is 5.89. The van der Waals surface area contributed by atoms with Crippen molar-refractivity contribution in [1.82, 2.24) is 0 Å². The number of anilines is 1. The van der Waals surface area contributed by atoms with Gasteiger partial charge in [-0.1, -0.05) is 23.2 Å². The molecule has 1 amide bonds. The lowest BCUT2D eigenvalue weighted by Gasteiger charge is -2.12. The Morgan fingerprint density at radius 1 is 1.00 bits per heavy atom. The molecule has 30 heavy (non-hydrogen) atoms. The number of hydrogen-bond donors (Lipinski definition) is 1. The van der Waals surface area contributed by atoms with Gasteiger partial charge in [-0.2, -0.15) is 5.26 Å². The van der Waals surface area contributed by atoms with E-state index in [1.165, 1.54) is 30.3 Å². The molecular weight excluding hydrogens is 430 g/mol. The number of benzene rings is 3. The molecule has 0 aromatic heterocycles. The summed E-state index contributed by atoms with van der Waals surface area (Å²) in [6, 6.07) is 17.4. The van der Waals surface area contributed by atoms with E-state index < -0.39 is 23.4 Å². The van der Waals surface area contributed by atoms with Gasteiger partial charge in [0.05, 0.1) is 11.1 Å². The lowest BCUT2D eigenvalue weighted by atomic mass is 9.98. The Kier molecular flexibility index (Phi) is 6.68. The summed E-state index contributed by atoms with van der Waals surface area (Å²) >= 11 is 12.0. The van der Waals surface area contributed by atoms with Gasteiger partial charge >= 0.3 is 0 Å². The Labute approximate surface area is 181 Å². The van der Waals surface area contributed by atoms with Gasteiger partial charge < -0.3 is 10.1 Å². The van der Waals surface area contributed by atoms with Crippen molar-refractivity contribution in [3.05, 3.63) is 88.2 Å². The Hall–Kier alpha value is -3.40. The average molecular weight is 443 g/mol. The van der Waals surface area contributed by atoms with Crippen molar-refractivity contribution in [2.24, 2.45) is 5.92 Å². The van der Waals surface area contributed by atoms with Gasteiger partial charge in [0.15, 0.2) is 11.7 Å². The third kappa shape index (κ3) is 5.15. The van der Waals surface area contributed by atoms with Gasteiger partial charge in [-0.15, -0.1) is 0 Å². The maximum atomic E-state index is 13.0. The van der Waals surface area contributed by atoms with Crippen LogP contribution in [0.15, 0.2) is 66.7 Å². The monoisotopic (exact) mass is 442 g/mol. The maximum absolute atomic E-state index is 13.0. The van der Waals surface area contributed by atoms with Crippen molar-refractivity contribution < 1.29 is 18.7 Å². The molecule has 1 unspecified atom stereocenters. The van der Waals surface area contributed by atoms with Crippen molar-refractivity contribution in [2.45, 2.75) is 0 Å². The molecule has 0 saturated carbocycles. The smallest absolute Gasteiger partial charge is 0.249 e. The second-order valence-electron chi connectivity index (χ2n) is 6.12. The van der Waals surface area contributed by atoms with Crippen LogP contribution in [-0.4, -0.2) is 11.7 Å². The van der Waals surface area contributed by atoms with Gasteiger partial charge in [-0.25, -0.2) is 4.39 Å². The standard InChI is InChI=1S/C22H13Cl2FN2O3/c23-14-3-8-17(9-4-14)30-20-10-7-16(11-19(20)24)27-22(29)18(12-26)21(28)13-1-5-15(25)6-2-13/h1-11,18H,(H,27,29). The average Bonchev–Trinajstić information content (AvgIpc) is 2.72. The molecule has 3 aromatic carbocycles. The summed E-state index contributed by atoms with van der Waals surface area (Å²) in [7, 11) is 0. The van der Waals surface area contributed by atoms with Gasteiger partial charge in [0.1, 0.15) is 17.3 Å². The Morgan fingerprint density at radius 3 is 2.27 bits per heavy atom. The molecule has 0 aliphatic heterocycles. The van der Waals surface area contributed by atoms with E-state index in [-0.39, 0.29) is 16.3 Å². The van der Waals surface area contributed by atoms with Crippen LogP contribution < -0.4 is 10.1 Å². The highest BCUT2D eigenvalue weighted by Gasteiger charge is 2.27. The minimum atomic E-state index is -1.60. The fourth-order valence-corrected chi connectivity index (χ4v) is 2.87. The van der Waals surface area contributed by atoms with E-state index >= 15 is 0 Å². The summed E-state index contributed by atoms with van der Waals surface area (Å²) in [6.07, 6.45) is 0. The predicted molar refractivity (Wildman–Crippen MR) is 111 cm³/mol. The summed E-state index contributed by atoms with van der Waals surface area (Å²) in [4.78, 5) is 24.8. The fraction of sp³-hybridized carbons (Fsp3) is 0.0455. The van der Waals surface area contributed by atoms with Crippen molar-refractivity contribution >= 4 is 40.6 Å². The highest BCUT2D eigenvalue weighted by atomic mass is 35.5. The number of amides is 1. The molecule has 3 rings (SSSR count). The summed E-state index contributed by atoms with van der Waals surface area (Å²) in [5, 5.41) is 12.5. The molecule has 5 nitrogen and oxygen atoms in total. The van der Waals surface area contributed by atoms with Crippen LogP contribution in [0.1, 0.15) is 10.4 Å². The third-order valence-corrected chi connectivity index (χ3v) is 4.57. The van der Waals surface area contributed by atoms with E-state index in [0.29, 0.717) is 16.5 Å². The number of carbonyl (C=O) groups is 2. The second-order valence-corrected chi connectivity index (χ2v) is 6.97. The van der Waals surface area contributed by atoms with E-state index in [4.69, 9.17) is 27.9 Å². The molecule has 0 bridgehead atoms. The zero-order valence-corrected chi connectivity index (χ0v) is 16.7. The molecule has 150 valence electrons. The number of carbonyl (C=O) groups excluding carboxylic acids is 2. The minimum absolute atomic E-state index is 0.0582. The number of nitriles is 1. The second kappa shape index (κ2) is 9.40. The molecule has 1 atom stereocenters. The number of nitrogens with zero attached hydrogens (tertiary/aromatic N) is 1. The van der Waals surface area contributed by atoms with Crippen molar-refractivity contribution in [2.75, 3.05) is 5.32 Å². The quantitative estimate of drug-likeness (QED) is 0.381. The molecular formula is C22H13Cl2FN2O3. The number of hydrogen-bond acceptors (Lipinski definition) is 4. The zero-order valence-electron chi connectivity index (χ0n) is 15.2. The molecule has 8 heteroatoms. The molecule has 0 saturated heterocycles. The number of ether oxygens (including phenoxy) is 1. The topological polar surface area (TPSA) is 79.2 Å². The first-order valence-electron chi connectivity index (χ1n) is 8.60. The molecule has 0 heterocycles. The van der Waals surface area contributed by atoms with E-state index in [0.717, 1.165) is 12.1 Å². The largest absolute Gasteiger partial charge is 0.456 e. The Balaban J connectivity index is 1.71. The van der Waals surface area contributed by atoms with Gasteiger partial charge in [0.2, 0.25) is 5.91 Å². The number of halogens is 3. The molecule has 1 N–H and O–H groups in total. The van der Waals surface area contributed by atoms with Crippen LogP contribution in [0.25, 0.3) is 0 Å². The number of rotatable bonds is 6. The summed E-state index contributed by atoms with van der Waals surface area (Å²) in [5.41, 5.74) is 0.337. The molecule has 0 spiro atoms. The molecule has 0 fully saturated rings. The van der Waals surface area contributed by atoms with Gasteiger partial charge in [0.25, 0.3) is 0 Å². The highest BCUT2D eigenvalue weighted by molar-refractivity contribution is 6.32. The zero-order chi connectivity index (χ0) is 21.7. The van der Waals surface area contributed by atoms with Crippen molar-refractivity contribution in [3.8, 4) is 17.6 Å². The number of Topliss-reactive ketones (excluding diaryl/α,β-unsaturated/α-hetero) is 1.